The van der Waals surface area contributed by atoms with Gasteiger partial charge in [-0.2, -0.15) is 0 Å². The lowest BCUT2D eigenvalue weighted by molar-refractivity contribution is 0.165. The van der Waals surface area contributed by atoms with Crippen molar-refractivity contribution in [3.05, 3.63) is 21.7 Å². The van der Waals surface area contributed by atoms with E-state index in [9.17, 15) is 9.59 Å². The van der Waals surface area contributed by atoms with E-state index in [-0.39, 0.29) is 11.7 Å². The van der Waals surface area contributed by atoms with Crippen molar-refractivity contribution in [1.82, 2.24) is 9.64 Å². The van der Waals surface area contributed by atoms with Crippen LogP contribution in [0.2, 0.25) is 0 Å². The van der Waals surface area contributed by atoms with Gasteiger partial charge in [0, 0.05) is 13.1 Å². The maximum absolute atomic E-state index is 12.6. The van der Waals surface area contributed by atoms with Crippen LogP contribution in [0.25, 0.3) is 0 Å². The van der Waals surface area contributed by atoms with Crippen LogP contribution in [0.1, 0.15) is 57.2 Å². The molecule has 112 valence electrons. The van der Waals surface area contributed by atoms with Gasteiger partial charge in [-0.3, -0.25) is 0 Å². The van der Waals surface area contributed by atoms with E-state index in [0.29, 0.717) is 18.4 Å². The maximum Gasteiger partial charge on any atom is 0.361 e. The molecular weight excluding hydrogens is 256 g/mol. The highest BCUT2D eigenvalue weighted by molar-refractivity contribution is 5.76. The Balaban J connectivity index is 2.30. The summed E-state index contributed by atoms with van der Waals surface area (Å²) in [6, 6.07) is -0.174. The fourth-order valence-electron chi connectivity index (χ4n) is 2.82. The van der Waals surface area contributed by atoms with Crippen LogP contribution in [0.4, 0.5) is 4.79 Å². The van der Waals surface area contributed by atoms with E-state index < -0.39 is 0 Å². The Kier molecular flexibility index (Phi) is 5.04. The molecule has 1 aromatic heterocycles. The molecule has 0 aliphatic carbocycles. The van der Waals surface area contributed by atoms with E-state index in [1.807, 2.05) is 18.7 Å². The Hall–Kier alpha value is -1.52. The van der Waals surface area contributed by atoms with Gasteiger partial charge in [0.25, 0.3) is 0 Å². The van der Waals surface area contributed by atoms with E-state index >= 15 is 0 Å². The van der Waals surface area contributed by atoms with E-state index in [1.54, 1.807) is 0 Å². The number of nitrogens with zero attached hydrogens (tertiary/aromatic N) is 2. The second-order valence-electron chi connectivity index (χ2n) is 5.39. The Morgan fingerprint density at radius 3 is 2.35 bits per heavy atom. The first-order chi connectivity index (χ1) is 9.69. The summed E-state index contributed by atoms with van der Waals surface area (Å²) in [7, 11) is 0. The highest BCUT2D eigenvalue weighted by Crippen LogP contribution is 2.15. The molecule has 2 rings (SSSR count). The average Bonchev–Trinajstić information content (AvgIpc) is 2.64. The van der Waals surface area contributed by atoms with Gasteiger partial charge in [-0.05, 0) is 25.7 Å². The Bertz CT molecular complexity index is 508. The van der Waals surface area contributed by atoms with Crippen LogP contribution in [0, 0.1) is 0 Å². The second kappa shape index (κ2) is 6.77. The van der Waals surface area contributed by atoms with Gasteiger partial charge in [0.05, 0.1) is 11.3 Å². The second-order valence-corrected chi connectivity index (χ2v) is 5.39. The van der Waals surface area contributed by atoms with Gasteiger partial charge in [0.1, 0.15) is 0 Å². The van der Waals surface area contributed by atoms with Gasteiger partial charge < -0.3 is 9.42 Å². The fraction of sp³-hybridized carbons (Fsp3) is 0.733. The van der Waals surface area contributed by atoms with Crippen molar-refractivity contribution in [2.75, 3.05) is 13.1 Å². The molecule has 0 spiro atoms. The first kappa shape index (κ1) is 14.9. The van der Waals surface area contributed by atoms with Gasteiger partial charge in [-0.1, -0.05) is 33.1 Å². The summed E-state index contributed by atoms with van der Waals surface area (Å²) in [6.07, 6.45) is 6.59. The molecule has 0 unspecified atom stereocenters. The summed E-state index contributed by atoms with van der Waals surface area (Å²) in [5, 5.41) is 0. The van der Waals surface area contributed by atoms with Crippen LogP contribution >= 0.6 is 0 Å². The molecule has 5 heteroatoms. The summed E-state index contributed by atoms with van der Waals surface area (Å²) in [6.45, 7) is 5.48. The minimum absolute atomic E-state index is 0.174. The molecule has 0 radical (unpaired) electrons. The van der Waals surface area contributed by atoms with Crippen molar-refractivity contribution in [3.63, 3.8) is 0 Å². The fourth-order valence-corrected chi connectivity index (χ4v) is 2.82. The SMILES string of the molecule is CCCc1c(CC)c(=O)on1C(=O)N1CCCCCC1. The predicted octanol–water partition coefficient (Wildman–Crippen LogP) is 2.80. The molecule has 1 aliphatic rings. The van der Waals surface area contributed by atoms with Gasteiger partial charge in [-0.15, -0.1) is 4.74 Å². The molecule has 5 nitrogen and oxygen atoms in total. The molecule has 1 saturated heterocycles. The molecule has 0 bridgehead atoms. The molecule has 20 heavy (non-hydrogen) atoms. The summed E-state index contributed by atoms with van der Waals surface area (Å²) in [5.74, 6) is 0. The quantitative estimate of drug-likeness (QED) is 0.855. The summed E-state index contributed by atoms with van der Waals surface area (Å²) in [4.78, 5) is 26.3. The van der Waals surface area contributed by atoms with E-state index in [0.717, 1.165) is 38.0 Å². The zero-order valence-electron chi connectivity index (χ0n) is 12.5. The molecule has 1 aliphatic heterocycles. The van der Waals surface area contributed by atoms with Gasteiger partial charge in [0.15, 0.2) is 0 Å². The van der Waals surface area contributed by atoms with Crippen molar-refractivity contribution >= 4 is 6.03 Å². The molecule has 2 heterocycles. The number of amides is 1. The summed E-state index contributed by atoms with van der Waals surface area (Å²) < 4.78 is 6.46. The third-order valence-electron chi connectivity index (χ3n) is 3.90. The van der Waals surface area contributed by atoms with Crippen molar-refractivity contribution in [2.24, 2.45) is 0 Å². The number of likely N-dealkylation sites (tertiary alicyclic amines) is 1. The van der Waals surface area contributed by atoms with Gasteiger partial charge in [0.2, 0.25) is 0 Å². The molecule has 1 fully saturated rings. The predicted molar refractivity (Wildman–Crippen MR) is 77.2 cm³/mol. The maximum atomic E-state index is 12.6. The highest BCUT2D eigenvalue weighted by Gasteiger charge is 2.24. The van der Waals surface area contributed by atoms with Gasteiger partial charge in [-0.25, -0.2) is 9.59 Å². The summed E-state index contributed by atoms with van der Waals surface area (Å²) in [5.41, 5.74) is 1.04. The standard InChI is InChI=1S/C15H24N2O3/c1-3-9-13-12(4-2)14(18)20-17(13)15(19)16-10-7-5-6-8-11-16/h3-11H2,1-2H3. The number of carbonyl (C=O) groups excluding carboxylic acids is 1. The molecule has 0 atom stereocenters. The van der Waals surface area contributed by atoms with Gasteiger partial charge >= 0.3 is 11.7 Å². The first-order valence-corrected chi connectivity index (χ1v) is 7.72. The number of aromatic nitrogens is 1. The zero-order valence-corrected chi connectivity index (χ0v) is 12.5. The number of carbonyl (C=O) groups is 1. The van der Waals surface area contributed by atoms with Crippen LogP contribution in [0.15, 0.2) is 9.32 Å². The van der Waals surface area contributed by atoms with E-state index in [4.69, 9.17) is 4.52 Å². The third-order valence-corrected chi connectivity index (χ3v) is 3.90. The summed E-state index contributed by atoms with van der Waals surface area (Å²) >= 11 is 0. The number of hydrogen-bond acceptors (Lipinski definition) is 3. The number of rotatable bonds is 3. The van der Waals surface area contributed by atoms with Crippen LogP contribution in [-0.2, 0) is 12.8 Å². The van der Waals surface area contributed by atoms with Crippen molar-refractivity contribution in [1.29, 1.82) is 0 Å². The Morgan fingerprint density at radius 1 is 1.15 bits per heavy atom. The smallest absolute Gasteiger partial charge is 0.327 e. The topological polar surface area (TPSA) is 55.5 Å². The molecule has 0 N–H and O–H groups in total. The van der Waals surface area contributed by atoms with Crippen molar-refractivity contribution in [3.8, 4) is 0 Å². The van der Waals surface area contributed by atoms with E-state index in [2.05, 4.69) is 0 Å². The molecule has 0 aromatic carbocycles. The lowest BCUT2D eigenvalue weighted by Gasteiger charge is -2.20. The lowest BCUT2D eigenvalue weighted by Crippen LogP contribution is -2.36. The molecular formula is C15H24N2O3. The largest absolute Gasteiger partial charge is 0.361 e. The van der Waals surface area contributed by atoms with E-state index in [1.165, 1.54) is 17.6 Å². The molecule has 1 aromatic rings. The van der Waals surface area contributed by atoms with Crippen LogP contribution in [0.5, 0.6) is 0 Å². The van der Waals surface area contributed by atoms with Crippen molar-refractivity contribution in [2.45, 2.75) is 58.8 Å². The molecule has 0 saturated carbocycles. The Morgan fingerprint density at radius 2 is 1.80 bits per heavy atom. The zero-order chi connectivity index (χ0) is 14.5. The Labute approximate surface area is 119 Å². The van der Waals surface area contributed by atoms with Crippen molar-refractivity contribution < 1.29 is 9.32 Å². The van der Waals surface area contributed by atoms with Crippen LogP contribution in [0.3, 0.4) is 0 Å². The highest BCUT2D eigenvalue weighted by atomic mass is 16.5. The normalized spacial score (nSPS) is 16.2. The number of hydrogen-bond donors (Lipinski definition) is 0. The average molecular weight is 280 g/mol. The minimum atomic E-state index is -0.362. The monoisotopic (exact) mass is 280 g/mol. The minimum Gasteiger partial charge on any atom is -0.327 e. The van der Waals surface area contributed by atoms with Crippen LogP contribution < -0.4 is 5.63 Å². The molecule has 1 amide bonds. The van der Waals surface area contributed by atoms with Crippen LogP contribution in [-0.4, -0.2) is 28.8 Å². The lowest BCUT2D eigenvalue weighted by atomic mass is 10.1. The first-order valence-electron chi connectivity index (χ1n) is 7.72. The third kappa shape index (κ3) is 2.97.